The van der Waals surface area contributed by atoms with Crippen molar-refractivity contribution in [2.75, 3.05) is 11.4 Å². The molecule has 94 valence electrons. The second-order valence-corrected chi connectivity index (χ2v) is 4.89. The first-order chi connectivity index (χ1) is 8.68. The van der Waals surface area contributed by atoms with Crippen LogP contribution < -0.4 is 4.90 Å². The van der Waals surface area contributed by atoms with E-state index in [0.29, 0.717) is 6.42 Å². The van der Waals surface area contributed by atoms with Crippen LogP contribution in [0.5, 0.6) is 0 Å². The van der Waals surface area contributed by atoms with Crippen LogP contribution >= 0.6 is 0 Å². The molecule has 0 aliphatic carbocycles. The first-order valence-corrected chi connectivity index (χ1v) is 6.24. The van der Waals surface area contributed by atoms with Gasteiger partial charge in [0.1, 0.15) is 0 Å². The SMILES string of the molecule is C[C@@H]1[C@@H](C(=O)O)CCN1c1cccc2cc[nH]c12. The summed E-state index contributed by atoms with van der Waals surface area (Å²) in [6.07, 6.45) is 2.64. The Morgan fingerprint density at radius 3 is 3.00 bits per heavy atom. The molecule has 1 fully saturated rings. The van der Waals surface area contributed by atoms with E-state index >= 15 is 0 Å². The zero-order valence-electron chi connectivity index (χ0n) is 10.3. The van der Waals surface area contributed by atoms with E-state index in [-0.39, 0.29) is 12.0 Å². The zero-order valence-corrected chi connectivity index (χ0v) is 10.3. The number of nitrogens with one attached hydrogen (secondary N) is 1. The van der Waals surface area contributed by atoms with Crippen molar-refractivity contribution < 1.29 is 9.90 Å². The van der Waals surface area contributed by atoms with Crippen molar-refractivity contribution in [3.8, 4) is 0 Å². The van der Waals surface area contributed by atoms with E-state index < -0.39 is 5.97 Å². The number of H-pyrrole nitrogens is 1. The van der Waals surface area contributed by atoms with Crippen LogP contribution in [0.1, 0.15) is 13.3 Å². The van der Waals surface area contributed by atoms with E-state index in [4.69, 9.17) is 0 Å². The minimum absolute atomic E-state index is 0.0383. The van der Waals surface area contributed by atoms with Gasteiger partial charge in [-0.3, -0.25) is 4.79 Å². The average Bonchev–Trinajstić information content (AvgIpc) is 2.94. The van der Waals surface area contributed by atoms with Crippen molar-refractivity contribution >= 4 is 22.6 Å². The number of nitrogens with zero attached hydrogens (tertiary/aromatic N) is 1. The molecule has 1 aliphatic heterocycles. The lowest BCUT2D eigenvalue weighted by atomic mass is 10.0. The molecule has 2 atom stereocenters. The van der Waals surface area contributed by atoms with Crippen LogP contribution in [-0.4, -0.2) is 28.6 Å². The van der Waals surface area contributed by atoms with E-state index in [2.05, 4.69) is 22.0 Å². The standard InChI is InChI=1S/C14H16N2O2/c1-9-11(14(17)18)6-8-16(9)12-4-2-3-10-5-7-15-13(10)12/h2-5,7,9,11,15H,6,8H2,1H3,(H,17,18)/t9-,11+/m1/s1. The largest absolute Gasteiger partial charge is 0.481 e. The fraction of sp³-hybridized carbons (Fsp3) is 0.357. The summed E-state index contributed by atoms with van der Waals surface area (Å²) in [6.45, 7) is 2.80. The fourth-order valence-corrected chi connectivity index (χ4v) is 2.92. The number of rotatable bonds is 2. The van der Waals surface area contributed by atoms with Crippen molar-refractivity contribution in [1.29, 1.82) is 0 Å². The first kappa shape index (κ1) is 11.1. The number of fused-ring (bicyclic) bond motifs is 1. The lowest BCUT2D eigenvalue weighted by Gasteiger charge is -2.26. The van der Waals surface area contributed by atoms with Crippen LogP contribution in [0, 0.1) is 5.92 Å². The third-order valence-corrected chi connectivity index (χ3v) is 3.95. The fourth-order valence-electron chi connectivity index (χ4n) is 2.92. The number of aliphatic carboxylic acids is 1. The van der Waals surface area contributed by atoms with Gasteiger partial charge in [-0.05, 0) is 25.5 Å². The molecule has 0 spiro atoms. The highest BCUT2D eigenvalue weighted by Crippen LogP contribution is 2.33. The van der Waals surface area contributed by atoms with Crippen LogP contribution in [-0.2, 0) is 4.79 Å². The predicted molar refractivity (Wildman–Crippen MR) is 70.8 cm³/mol. The van der Waals surface area contributed by atoms with Crippen LogP contribution in [0.15, 0.2) is 30.5 Å². The van der Waals surface area contributed by atoms with Gasteiger partial charge in [-0.25, -0.2) is 0 Å². The maximum atomic E-state index is 11.2. The molecule has 1 saturated heterocycles. The van der Waals surface area contributed by atoms with Crippen molar-refractivity contribution in [1.82, 2.24) is 4.98 Å². The number of hydrogen-bond acceptors (Lipinski definition) is 2. The molecule has 18 heavy (non-hydrogen) atoms. The maximum Gasteiger partial charge on any atom is 0.308 e. The third kappa shape index (κ3) is 1.56. The van der Waals surface area contributed by atoms with E-state index in [1.54, 1.807) is 0 Å². The number of anilines is 1. The lowest BCUT2D eigenvalue weighted by molar-refractivity contribution is -0.141. The van der Waals surface area contributed by atoms with Gasteiger partial charge in [0.2, 0.25) is 0 Å². The number of hydrogen-bond donors (Lipinski definition) is 2. The Labute approximate surface area is 105 Å². The number of aromatic nitrogens is 1. The third-order valence-electron chi connectivity index (χ3n) is 3.95. The van der Waals surface area contributed by atoms with Gasteiger partial charge in [-0.2, -0.15) is 0 Å². The summed E-state index contributed by atoms with van der Waals surface area (Å²) < 4.78 is 0. The van der Waals surface area contributed by atoms with Crippen LogP contribution in [0.4, 0.5) is 5.69 Å². The lowest BCUT2D eigenvalue weighted by Crippen LogP contribution is -2.33. The Balaban J connectivity index is 2.01. The Morgan fingerprint density at radius 2 is 2.28 bits per heavy atom. The Kier molecular flexibility index (Phi) is 2.51. The molecule has 0 unspecified atom stereocenters. The van der Waals surface area contributed by atoms with Crippen LogP contribution in [0.3, 0.4) is 0 Å². The predicted octanol–water partition coefficient (Wildman–Crippen LogP) is 2.47. The number of para-hydroxylation sites is 1. The highest BCUT2D eigenvalue weighted by Gasteiger charge is 2.36. The number of benzene rings is 1. The number of carboxylic acid groups (broad SMARTS) is 1. The Morgan fingerprint density at radius 1 is 1.44 bits per heavy atom. The smallest absolute Gasteiger partial charge is 0.308 e. The Bertz CT molecular complexity index is 590. The normalized spacial score (nSPS) is 23.7. The molecule has 3 rings (SSSR count). The summed E-state index contributed by atoms with van der Waals surface area (Å²) in [5, 5.41) is 10.4. The molecule has 0 saturated carbocycles. The summed E-state index contributed by atoms with van der Waals surface area (Å²) in [4.78, 5) is 16.6. The van der Waals surface area contributed by atoms with Gasteiger partial charge >= 0.3 is 5.97 Å². The molecule has 1 aromatic heterocycles. The molecule has 2 aromatic rings. The van der Waals surface area contributed by atoms with Crippen molar-refractivity contribution in [3.05, 3.63) is 30.5 Å². The molecule has 2 N–H and O–H groups in total. The monoisotopic (exact) mass is 244 g/mol. The van der Waals surface area contributed by atoms with E-state index in [0.717, 1.165) is 17.7 Å². The van der Waals surface area contributed by atoms with Gasteiger partial charge in [0.25, 0.3) is 0 Å². The molecule has 2 heterocycles. The van der Waals surface area contributed by atoms with Gasteiger partial charge in [-0.15, -0.1) is 0 Å². The topological polar surface area (TPSA) is 56.3 Å². The number of carbonyl (C=O) groups is 1. The number of carboxylic acids is 1. The molecule has 4 heteroatoms. The highest BCUT2D eigenvalue weighted by molar-refractivity contribution is 5.92. The summed E-state index contributed by atoms with van der Waals surface area (Å²) in [6, 6.07) is 8.21. The molecule has 0 radical (unpaired) electrons. The first-order valence-electron chi connectivity index (χ1n) is 6.24. The second-order valence-electron chi connectivity index (χ2n) is 4.89. The average molecular weight is 244 g/mol. The summed E-state index contributed by atoms with van der Waals surface area (Å²) >= 11 is 0. The van der Waals surface area contributed by atoms with Gasteiger partial charge in [0.15, 0.2) is 0 Å². The van der Waals surface area contributed by atoms with Crippen LogP contribution in [0.2, 0.25) is 0 Å². The van der Waals surface area contributed by atoms with E-state index in [1.165, 1.54) is 5.39 Å². The zero-order chi connectivity index (χ0) is 12.7. The minimum atomic E-state index is -0.691. The molecule has 1 aromatic carbocycles. The molecule has 4 nitrogen and oxygen atoms in total. The second kappa shape index (κ2) is 4.05. The summed E-state index contributed by atoms with van der Waals surface area (Å²) in [5.74, 6) is -0.959. The summed E-state index contributed by atoms with van der Waals surface area (Å²) in [7, 11) is 0. The quantitative estimate of drug-likeness (QED) is 0.853. The highest BCUT2D eigenvalue weighted by atomic mass is 16.4. The van der Waals surface area contributed by atoms with E-state index in [9.17, 15) is 9.90 Å². The number of aromatic amines is 1. The van der Waals surface area contributed by atoms with Crippen molar-refractivity contribution in [2.24, 2.45) is 5.92 Å². The van der Waals surface area contributed by atoms with Crippen molar-refractivity contribution in [2.45, 2.75) is 19.4 Å². The van der Waals surface area contributed by atoms with Gasteiger partial charge in [0.05, 0.1) is 17.1 Å². The molecular weight excluding hydrogens is 228 g/mol. The van der Waals surface area contributed by atoms with E-state index in [1.807, 2.05) is 25.3 Å². The minimum Gasteiger partial charge on any atom is -0.481 e. The van der Waals surface area contributed by atoms with Gasteiger partial charge in [0, 0.05) is 24.2 Å². The van der Waals surface area contributed by atoms with Crippen LogP contribution in [0.25, 0.3) is 10.9 Å². The maximum absolute atomic E-state index is 11.2. The molecular formula is C14H16N2O2. The molecule has 0 bridgehead atoms. The molecule has 1 aliphatic rings. The molecule has 0 amide bonds. The summed E-state index contributed by atoms with van der Waals surface area (Å²) in [5.41, 5.74) is 2.20. The van der Waals surface area contributed by atoms with Gasteiger partial charge < -0.3 is 15.0 Å². The van der Waals surface area contributed by atoms with Crippen molar-refractivity contribution in [3.63, 3.8) is 0 Å². The van der Waals surface area contributed by atoms with Gasteiger partial charge in [-0.1, -0.05) is 12.1 Å². The Hall–Kier alpha value is -1.97.